The summed E-state index contributed by atoms with van der Waals surface area (Å²) in [6.07, 6.45) is 0. The second-order valence-electron chi connectivity index (χ2n) is 8.93. The Balaban J connectivity index is 1.90. The van der Waals surface area contributed by atoms with Crippen molar-refractivity contribution >= 4 is 23.1 Å². The Morgan fingerprint density at radius 2 is 1.78 bits per heavy atom. The first-order valence-corrected chi connectivity index (χ1v) is 11.5. The summed E-state index contributed by atoms with van der Waals surface area (Å²) in [5, 5.41) is 21.7. The summed E-state index contributed by atoms with van der Waals surface area (Å²) in [5.41, 5.74) is 0.0537. The average Bonchev–Trinajstić information content (AvgIpc) is 3.14. The minimum Gasteiger partial charge on any atom is -0.507 e. The van der Waals surface area contributed by atoms with Crippen molar-refractivity contribution in [1.29, 1.82) is 0 Å². The Kier molecular flexibility index (Phi) is 7.15. The maximum atomic E-state index is 14.1. The number of amides is 1. The highest BCUT2D eigenvalue weighted by Gasteiger charge is 2.47. The number of aliphatic hydroxyl groups is 1. The molecule has 2 N–H and O–H groups in total. The fourth-order valence-corrected chi connectivity index (χ4v) is 4.08. The number of aromatic hydroxyl groups is 1. The maximum absolute atomic E-state index is 14.1. The molecule has 9 heteroatoms. The number of phenolic OH excluding ortho intramolecular Hbond substituents is 1. The van der Waals surface area contributed by atoms with E-state index >= 15 is 0 Å². The van der Waals surface area contributed by atoms with Gasteiger partial charge in [-0.2, -0.15) is 0 Å². The summed E-state index contributed by atoms with van der Waals surface area (Å²) in [6, 6.07) is 12.1. The van der Waals surface area contributed by atoms with Crippen LogP contribution in [0.5, 0.6) is 17.2 Å². The highest BCUT2D eigenvalue weighted by molar-refractivity contribution is 6.51. The van der Waals surface area contributed by atoms with E-state index in [4.69, 9.17) is 9.47 Å². The Bertz CT molecular complexity index is 1400. The van der Waals surface area contributed by atoms with E-state index in [-0.39, 0.29) is 39.8 Å². The van der Waals surface area contributed by atoms with Crippen molar-refractivity contribution in [2.24, 2.45) is 5.92 Å². The van der Waals surface area contributed by atoms with Gasteiger partial charge in [0.2, 0.25) is 0 Å². The lowest BCUT2D eigenvalue weighted by Gasteiger charge is -2.26. The summed E-state index contributed by atoms with van der Waals surface area (Å²) in [6.45, 7) is 4.39. The van der Waals surface area contributed by atoms with Crippen LogP contribution in [0.1, 0.15) is 31.0 Å². The van der Waals surface area contributed by atoms with Crippen LogP contribution in [-0.4, -0.2) is 35.6 Å². The number of benzene rings is 3. The van der Waals surface area contributed by atoms with Crippen molar-refractivity contribution in [2.45, 2.75) is 19.9 Å². The molecule has 192 valence electrons. The van der Waals surface area contributed by atoms with Gasteiger partial charge in [0.25, 0.3) is 11.7 Å². The molecule has 1 unspecified atom stereocenters. The van der Waals surface area contributed by atoms with Gasteiger partial charge in [-0.05, 0) is 47.9 Å². The number of Topliss-reactive ketones (excluding diaryl/α,β-unsaturated/α-hetero) is 1. The number of hydrogen-bond donors (Lipinski definition) is 2. The zero-order valence-corrected chi connectivity index (χ0v) is 20.4. The van der Waals surface area contributed by atoms with Gasteiger partial charge in [-0.15, -0.1) is 0 Å². The molecular weight excluding hydrogens is 484 g/mol. The average molecular weight is 510 g/mol. The molecule has 0 saturated carbocycles. The van der Waals surface area contributed by atoms with Crippen LogP contribution < -0.4 is 14.4 Å². The van der Waals surface area contributed by atoms with Crippen molar-refractivity contribution < 1.29 is 38.1 Å². The second-order valence-corrected chi connectivity index (χ2v) is 8.93. The fraction of sp³-hybridized carbons (Fsp3) is 0.214. The van der Waals surface area contributed by atoms with Crippen molar-refractivity contribution in [3.05, 3.63) is 89.0 Å². The highest BCUT2D eigenvalue weighted by atomic mass is 19.2. The molecule has 0 aliphatic carbocycles. The van der Waals surface area contributed by atoms with Crippen molar-refractivity contribution in [3.8, 4) is 17.2 Å². The molecule has 1 atom stereocenters. The van der Waals surface area contributed by atoms with Crippen LogP contribution in [0.4, 0.5) is 14.5 Å². The Morgan fingerprint density at radius 1 is 1.03 bits per heavy atom. The molecule has 1 saturated heterocycles. The standard InChI is InChI=1S/C28H25F2NO6/c1-15(2)14-37-19-6-4-5-17(11-19)26(33)24-25(16-7-10-23(36-3)22(32)12-16)31(28(35)27(24)34)18-8-9-20(29)21(30)13-18/h4-13,15,25,32-33H,14H2,1-3H3/b26-24+. The number of aliphatic hydroxyl groups excluding tert-OH is 1. The molecule has 0 spiro atoms. The van der Waals surface area contributed by atoms with Gasteiger partial charge in [0, 0.05) is 17.3 Å². The second kappa shape index (κ2) is 10.3. The molecule has 3 aromatic carbocycles. The number of hydrogen-bond acceptors (Lipinski definition) is 6. The van der Waals surface area contributed by atoms with E-state index in [1.54, 1.807) is 18.2 Å². The van der Waals surface area contributed by atoms with Crippen LogP contribution in [-0.2, 0) is 9.59 Å². The first-order chi connectivity index (χ1) is 17.6. The summed E-state index contributed by atoms with van der Waals surface area (Å²) in [4.78, 5) is 27.4. The number of anilines is 1. The number of carbonyl (C=O) groups excluding carboxylic acids is 2. The maximum Gasteiger partial charge on any atom is 0.300 e. The monoisotopic (exact) mass is 509 g/mol. The molecule has 1 aliphatic heterocycles. The van der Waals surface area contributed by atoms with Gasteiger partial charge in [-0.3, -0.25) is 14.5 Å². The molecule has 7 nitrogen and oxygen atoms in total. The molecule has 0 bridgehead atoms. The number of ether oxygens (including phenoxy) is 2. The third kappa shape index (κ3) is 4.97. The van der Waals surface area contributed by atoms with Gasteiger partial charge in [-0.1, -0.05) is 32.0 Å². The summed E-state index contributed by atoms with van der Waals surface area (Å²) in [5.74, 6) is -4.35. The number of phenols is 1. The largest absolute Gasteiger partial charge is 0.507 e. The zero-order chi connectivity index (χ0) is 26.9. The molecule has 4 rings (SSSR count). The molecule has 1 amide bonds. The van der Waals surface area contributed by atoms with Crippen molar-refractivity contribution in [3.63, 3.8) is 0 Å². The third-order valence-electron chi connectivity index (χ3n) is 5.84. The molecule has 3 aromatic rings. The van der Waals surface area contributed by atoms with Crippen LogP contribution >= 0.6 is 0 Å². The van der Waals surface area contributed by atoms with Gasteiger partial charge in [0.15, 0.2) is 23.1 Å². The zero-order valence-electron chi connectivity index (χ0n) is 20.4. The number of rotatable bonds is 7. The number of carbonyl (C=O) groups is 2. The lowest BCUT2D eigenvalue weighted by atomic mass is 9.94. The van der Waals surface area contributed by atoms with Gasteiger partial charge >= 0.3 is 0 Å². The lowest BCUT2D eigenvalue weighted by Crippen LogP contribution is -2.29. The first-order valence-electron chi connectivity index (χ1n) is 11.5. The summed E-state index contributed by atoms with van der Waals surface area (Å²) < 4.78 is 38.5. The molecule has 0 aromatic heterocycles. The van der Waals surface area contributed by atoms with Crippen LogP contribution in [0.15, 0.2) is 66.2 Å². The van der Waals surface area contributed by atoms with Crippen molar-refractivity contribution in [1.82, 2.24) is 0 Å². The normalized spacial score (nSPS) is 16.9. The topological polar surface area (TPSA) is 96.3 Å². The van der Waals surface area contributed by atoms with Crippen LogP contribution in [0.3, 0.4) is 0 Å². The van der Waals surface area contributed by atoms with Gasteiger partial charge < -0.3 is 19.7 Å². The Hall–Kier alpha value is -4.40. The first kappa shape index (κ1) is 25.7. The quantitative estimate of drug-likeness (QED) is 0.254. The molecule has 1 fully saturated rings. The Labute approximate surface area is 212 Å². The number of methoxy groups -OCH3 is 1. The fourth-order valence-electron chi connectivity index (χ4n) is 4.08. The predicted octanol–water partition coefficient (Wildman–Crippen LogP) is 5.34. The number of ketones is 1. The van der Waals surface area contributed by atoms with E-state index < -0.39 is 35.1 Å². The molecule has 37 heavy (non-hydrogen) atoms. The highest BCUT2D eigenvalue weighted by Crippen LogP contribution is 2.44. The van der Waals surface area contributed by atoms with Gasteiger partial charge in [-0.25, -0.2) is 8.78 Å². The lowest BCUT2D eigenvalue weighted by molar-refractivity contribution is -0.132. The van der Waals surface area contributed by atoms with E-state index in [9.17, 15) is 28.6 Å². The third-order valence-corrected chi connectivity index (χ3v) is 5.84. The summed E-state index contributed by atoms with van der Waals surface area (Å²) >= 11 is 0. The van der Waals surface area contributed by atoms with E-state index in [2.05, 4.69) is 0 Å². The number of halogens is 2. The van der Waals surface area contributed by atoms with E-state index in [1.165, 1.54) is 31.4 Å². The minimum atomic E-state index is -1.26. The van der Waals surface area contributed by atoms with Crippen LogP contribution in [0.2, 0.25) is 0 Å². The number of nitrogens with zero attached hydrogens (tertiary/aromatic N) is 1. The minimum absolute atomic E-state index is 0.102. The van der Waals surface area contributed by atoms with E-state index in [0.29, 0.717) is 12.4 Å². The van der Waals surface area contributed by atoms with Crippen molar-refractivity contribution in [2.75, 3.05) is 18.6 Å². The van der Waals surface area contributed by atoms with Gasteiger partial charge in [0.05, 0.1) is 25.3 Å². The van der Waals surface area contributed by atoms with Crippen LogP contribution in [0, 0.1) is 17.6 Å². The SMILES string of the molecule is COc1ccc(C2/C(=C(\O)c3cccc(OCC(C)C)c3)C(=O)C(=O)N2c2ccc(F)c(F)c2)cc1O. The predicted molar refractivity (Wildman–Crippen MR) is 133 cm³/mol. The van der Waals surface area contributed by atoms with E-state index in [1.807, 2.05) is 13.8 Å². The molecular formula is C28H25F2NO6. The van der Waals surface area contributed by atoms with E-state index in [0.717, 1.165) is 23.1 Å². The molecule has 1 heterocycles. The van der Waals surface area contributed by atoms with Crippen LogP contribution in [0.25, 0.3) is 5.76 Å². The van der Waals surface area contributed by atoms with Gasteiger partial charge in [0.1, 0.15) is 11.5 Å². The smallest absolute Gasteiger partial charge is 0.300 e. The molecule has 0 radical (unpaired) electrons. The molecule has 1 aliphatic rings. The summed E-state index contributed by atoms with van der Waals surface area (Å²) in [7, 11) is 1.36. The Morgan fingerprint density at radius 3 is 2.43 bits per heavy atom.